The molecule has 1 saturated heterocycles. The third kappa shape index (κ3) is 15.1. The number of alkyl halides is 1. The summed E-state index contributed by atoms with van der Waals surface area (Å²) in [5, 5.41) is 22.3. The summed E-state index contributed by atoms with van der Waals surface area (Å²) in [5.74, 6) is -2.40. The Morgan fingerprint density at radius 2 is 1.47 bits per heavy atom. The molecule has 428 valence electrons. The first kappa shape index (κ1) is 58.8. The second-order valence-corrected chi connectivity index (χ2v) is 20.5. The second-order valence-electron chi connectivity index (χ2n) is 20.1. The molecule has 3 aliphatic heterocycles. The molecule has 0 unspecified atom stereocenters. The smallest absolute Gasteiger partial charge is 0.409 e. The van der Waals surface area contributed by atoms with E-state index < -0.39 is 53.7 Å². The predicted octanol–water partition coefficient (Wildman–Crippen LogP) is 3.95. The molecule has 4 aromatic carbocycles. The van der Waals surface area contributed by atoms with Crippen LogP contribution in [0.2, 0.25) is 0 Å². The average molecular weight is 1130 g/mol. The normalized spacial score (nSPS) is 15.8. The van der Waals surface area contributed by atoms with Crippen LogP contribution in [0.3, 0.4) is 0 Å². The molecule has 0 spiro atoms. The Labute approximate surface area is 473 Å². The minimum Gasteiger partial charge on any atom is -0.409 e. The van der Waals surface area contributed by atoms with Crippen molar-refractivity contribution in [3.05, 3.63) is 108 Å². The molecule has 0 saturated carbocycles. The van der Waals surface area contributed by atoms with E-state index in [1.165, 1.54) is 12.2 Å². The summed E-state index contributed by atoms with van der Waals surface area (Å²) < 4.78 is 6.06. The Hall–Kier alpha value is -8.38. The van der Waals surface area contributed by atoms with Crippen molar-refractivity contribution in [2.75, 3.05) is 101 Å². The predicted molar refractivity (Wildman–Crippen MR) is 307 cm³/mol. The van der Waals surface area contributed by atoms with Gasteiger partial charge in [0.1, 0.15) is 17.5 Å². The lowest BCUT2D eigenvalue weighted by Gasteiger charge is -2.31. The number of carbonyl (C=O) groups is 9. The third-order valence-corrected chi connectivity index (χ3v) is 14.8. The van der Waals surface area contributed by atoms with Crippen LogP contribution in [-0.4, -0.2) is 171 Å². The van der Waals surface area contributed by atoms with E-state index >= 15 is 0 Å². The Bertz CT molecular complexity index is 3180. The molecule has 3 atom stereocenters. The third-order valence-electron chi connectivity index (χ3n) is 14.4. The van der Waals surface area contributed by atoms with Crippen molar-refractivity contribution in [3.63, 3.8) is 0 Å². The van der Waals surface area contributed by atoms with Gasteiger partial charge in [-0.3, -0.25) is 38.5 Å². The van der Waals surface area contributed by atoms with Crippen molar-refractivity contribution >= 4 is 104 Å². The Morgan fingerprint density at radius 3 is 2.19 bits per heavy atom. The SMILES string of the molecule is CNCCC[C@H](NC(=O)[C@H](CCCNC(N)=O)NCCNC(=O)CCCN1C(=O)C=CC1=O)C(=O)Nc1ccc(C(=O)Nc2ccc3[nH]c(C(=O)N4C[C@@H](CCl)c5c4cc(OC(=O)N4CCN(C)CC4)c4ccccc54)cc3c2)cc1. The van der Waals surface area contributed by atoms with Crippen molar-refractivity contribution in [3.8, 4) is 5.75 Å². The lowest BCUT2D eigenvalue weighted by Crippen LogP contribution is -2.52. The second kappa shape index (κ2) is 27.7. The number of nitrogens with two attached hydrogens (primary N) is 1. The van der Waals surface area contributed by atoms with E-state index in [9.17, 15) is 43.2 Å². The van der Waals surface area contributed by atoms with Gasteiger partial charge in [-0.15, -0.1) is 11.6 Å². The maximum absolute atomic E-state index is 14.5. The van der Waals surface area contributed by atoms with Gasteiger partial charge in [0.2, 0.25) is 17.7 Å². The summed E-state index contributed by atoms with van der Waals surface area (Å²) in [6.45, 7) is 4.09. The van der Waals surface area contributed by atoms with E-state index in [1.807, 2.05) is 31.3 Å². The zero-order chi connectivity index (χ0) is 57.6. The van der Waals surface area contributed by atoms with Crippen LogP contribution in [0.1, 0.15) is 70.9 Å². The molecule has 10 N–H and O–H groups in total. The number of primary amides is 1. The number of benzene rings is 4. The average Bonchev–Trinajstić information content (AvgIpc) is 3.74. The van der Waals surface area contributed by atoms with Crippen LogP contribution < -0.4 is 52.6 Å². The molecule has 0 aliphatic carbocycles. The number of aromatic nitrogens is 1. The van der Waals surface area contributed by atoms with Gasteiger partial charge in [0, 0.05) is 129 Å². The number of fused-ring (bicyclic) bond motifs is 4. The van der Waals surface area contributed by atoms with Crippen molar-refractivity contribution < 1.29 is 47.9 Å². The number of carbonyl (C=O) groups excluding carboxylic acids is 9. The van der Waals surface area contributed by atoms with Crippen LogP contribution in [0.4, 0.5) is 26.7 Å². The molecule has 10 amide bonds. The van der Waals surface area contributed by atoms with Crippen LogP contribution in [0.5, 0.6) is 5.75 Å². The fourth-order valence-electron chi connectivity index (χ4n) is 10.0. The monoisotopic (exact) mass is 1130 g/mol. The quantitative estimate of drug-likeness (QED) is 0.0228. The number of piperazine rings is 1. The summed E-state index contributed by atoms with van der Waals surface area (Å²) in [6.07, 6.45) is 3.72. The van der Waals surface area contributed by atoms with Crippen LogP contribution in [-0.2, 0) is 24.0 Å². The number of likely N-dealkylation sites (N-methyl/N-ethyl adjacent to an activating group) is 1. The standard InChI is InChI=1S/C57H68ClN13O10/c1-60-21-5-11-44(67-53(76)43(10-6-22-63-56(59)79)61-23-24-62-48(72)12-7-25-70-49(73)19-20-50(70)74)54(77)64-38-15-13-35(14-16-38)52(75)65-39-17-18-42-36(30-39)31-45(66-42)55(78)71-34-37(33-58)51-41-9-4-3-8-40(41)47(32-46(51)71)81-57(80)69-28-26-68(2)27-29-69/h3-4,8-9,13-20,30-32,37,43-44,60-61,66H,5-7,10-12,21-29,33-34H2,1-2H3,(H,62,72)(H,64,77)(H,65,75)(H,67,76)(H3,59,63,79)/t37-,43+,44+/m1/s1. The number of halogens is 1. The van der Waals surface area contributed by atoms with Gasteiger partial charge in [-0.1, -0.05) is 24.3 Å². The first-order valence-corrected chi connectivity index (χ1v) is 27.6. The number of nitrogens with one attached hydrogen (secondary N) is 8. The van der Waals surface area contributed by atoms with E-state index in [4.69, 9.17) is 22.1 Å². The van der Waals surface area contributed by atoms with E-state index in [0.717, 1.165) is 34.3 Å². The minimum atomic E-state index is -0.962. The highest BCUT2D eigenvalue weighted by Crippen LogP contribution is 2.46. The van der Waals surface area contributed by atoms with Crippen LogP contribution in [0.15, 0.2) is 91.0 Å². The van der Waals surface area contributed by atoms with Crippen molar-refractivity contribution in [1.82, 2.24) is 46.3 Å². The molecule has 24 heteroatoms. The maximum Gasteiger partial charge on any atom is 0.415 e. The largest absolute Gasteiger partial charge is 0.415 e. The highest BCUT2D eigenvalue weighted by atomic mass is 35.5. The fourth-order valence-corrected chi connectivity index (χ4v) is 10.3. The molecule has 5 aromatic rings. The van der Waals surface area contributed by atoms with E-state index in [1.54, 1.807) is 71.4 Å². The number of anilines is 3. The summed E-state index contributed by atoms with van der Waals surface area (Å²) >= 11 is 6.57. The molecule has 3 aliphatic rings. The van der Waals surface area contributed by atoms with Crippen molar-refractivity contribution in [1.29, 1.82) is 0 Å². The molecular formula is C57H68ClN13O10. The van der Waals surface area contributed by atoms with E-state index in [2.05, 4.69) is 47.1 Å². The zero-order valence-corrected chi connectivity index (χ0v) is 46.0. The number of urea groups is 1. The summed E-state index contributed by atoms with van der Waals surface area (Å²) in [6, 6.07) is 20.1. The van der Waals surface area contributed by atoms with Crippen LogP contribution in [0, 0.1) is 0 Å². The lowest BCUT2D eigenvalue weighted by molar-refractivity contribution is -0.137. The zero-order valence-electron chi connectivity index (χ0n) is 45.2. The maximum atomic E-state index is 14.5. The van der Waals surface area contributed by atoms with Gasteiger partial charge in [0.15, 0.2) is 0 Å². The molecular weight excluding hydrogens is 1060 g/mol. The number of aromatic amines is 1. The topological polar surface area (TPSA) is 302 Å². The first-order chi connectivity index (χ1) is 39.1. The van der Waals surface area contributed by atoms with Gasteiger partial charge in [-0.05, 0) is 112 Å². The van der Waals surface area contributed by atoms with E-state index in [-0.39, 0.29) is 75.5 Å². The molecule has 1 fully saturated rings. The Kier molecular flexibility index (Phi) is 20.1. The highest BCUT2D eigenvalue weighted by Gasteiger charge is 2.36. The number of imide groups is 1. The van der Waals surface area contributed by atoms with Gasteiger partial charge >= 0.3 is 12.1 Å². The first-order valence-electron chi connectivity index (χ1n) is 27.1. The van der Waals surface area contributed by atoms with E-state index in [0.29, 0.717) is 84.0 Å². The van der Waals surface area contributed by atoms with Crippen LogP contribution >= 0.6 is 11.6 Å². The van der Waals surface area contributed by atoms with Gasteiger partial charge in [0.25, 0.3) is 23.6 Å². The van der Waals surface area contributed by atoms with Gasteiger partial charge < -0.3 is 67.4 Å². The molecule has 0 radical (unpaired) electrons. The molecule has 23 nitrogen and oxygen atoms in total. The Balaban J connectivity index is 0.872. The molecule has 4 heterocycles. The number of nitrogens with zero attached hydrogens (tertiary/aromatic N) is 4. The summed E-state index contributed by atoms with van der Waals surface area (Å²) in [7, 11) is 3.78. The lowest BCUT2D eigenvalue weighted by atomic mass is 9.95. The molecule has 0 bridgehead atoms. The number of rotatable bonds is 25. The number of ether oxygens (including phenoxy) is 1. The number of H-pyrrole nitrogens is 1. The minimum absolute atomic E-state index is 0.0757. The number of hydrogen-bond acceptors (Lipinski definition) is 13. The van der Waals surface area contributed by atoms with Crippen molar-refractivity contribution in [2.45, 2.75) is 56.5 Å². The van der Waals surface area contributed by atoms with Crippen molar-refractivity contribution in [2.24, 2.45) is 5.73 Å². The number of amides is 10. The van der Waals surface area contributed by atoms with Gasteiger partial charge in [0.05, 0.1) is 11.7 Å². The summed E-state index contributed by atoms with van der Waals surface area (Å²) in [4.78, 5) is 126. The molecule has 81 heavy (non-hydrogen) atoms. The van der Waals surface area contributed by atoms with Crippen LogP contribution in [0.25, 0.3) is 21.7 Å². The molecule has 1 aromatic heterocycles. The number of hydrogen-bond donors (Lipinski definition) is 9. The van der Waals surface area contributed by atoms with Gasteiger partial charge in [-0.25, -0.2) is 9.59 Å². The fraction of sp³-hybridized carbons (Fsp3) is 0.386. The summed E-state index contributed by atoms with van der Waals surface area (Å²) in [5.41, 5.74) is 8.86. The molecule has 8 rings (SSSR count). The van der Waals surface area contributed by atoms with Gasteiger partial charge in [-0.2, -0.15) is 0 Å². The highest BCUT2D eigenvalue weighted by molar-refractivity contribution is 6.19. The Morgan fingerprint density at radius 1 is 0.765 bits per heavy atom.